The minimum absolute atomic E-state index is 0.0313. The number of anilines is 1. The monoisotopic (exact) mass is 371 g/mol. The number of rotatable bonds is 7. The summed E-state index contributed by atoms with van der Waals surface area (Å²) in [6.07, 6.45) is 2.40. The van der Waals surface area contributed by atoms with E-state index >= 15 is 0 Å². The van der Waals surface area contributed by atoms with Gasteiger partial charge < -0.3 is 25.0 Å². The van der Waals surface area contributed by atoms with Gasteiger partial charge in [-0.15, -0.1) is 0 Å². The SMILES string of the molecule is COc1ccc(C=CC(=O)Nc2ccccc2C(=O)O)c(C(=O)O)c1OC. The van der Waals surface area contributed by atoms with Crippen LogP contribution in [0, 0.1) is 0 Å². The molecule has 0 atom stereocenters. The lowest BCUT2D eigenvalue weighted by Crippen LogP contribution is -2.12. The van der Waals surface area contributed by atoms with Crippen molar-refractivity contribution >= 4 is 29.6 Å². The summed E-state index contributed by atoms with van der Waals surface area (Å²) in [4.78, 5) is 34.9. The summed E-state index contributed by atoms with van der Waals surface area (Å²) in [5.74, 6) is -2.77. The molecule has 0 unspecified atom stereocenters. The summed E-state index contributed by atoms with van der Waals surface area (Å²) in [5, 5.41) is 21.0. The molecule has 0 fully saturated rings. The summed E-state index contributed by atoms with van der Waals surface area (Å²) in [7, 11) is 2.69. The minimum atomic E-state index is -1.25. The van der Waals surface area contributed by atoms with Crippen molar-refractivity contribution in [2.45, 2.75) is 0 Å². The lowest BCUT2D eigenvalue weighted by atomic mass is 10.0. The number of para-hydroxylation sites is 1. The van der Waals surface area contributed by atoms with Gasteiger partial charge in [-0.1, -0.05) is 18.2 Å². The Balaban J connectivity index is 2.32. The van der Waals surface area contributed by atoms with Gasteiger partial charge in [-0.3, -0.25) is 4.79 Å². The number of aromatic carboxylic acids is 2. The molecule has 3 N–H and O–H groups in total. The van der Waals surface area contributed by atoms with E-state index in [-0.39, 0.29) is 33.9 Å². The van der Waals surface area contributed by atoms with E-state index in [1.54, 1.807) is 6.07 Å². The van der Waals surface area contributed by atoms with E-state index in [2.05, 4.69) is 5.32 Å². The average Bonchev–Trinajstić information content (AvgIpc) is 2.65. The van der Waals surface area contributed by atoms with Crippen LogP contribution in [-0.2, 0) is 4.79 Å². The van der Waals surface area contributed by atoms with Crippen molar-refractivity contribution in [3.63, 3.8) is 0 Å². The molecule has 0 aliphatic carbocycles. The number of carboxylic acids is 2. The largest absolute Gasteiger partial charge is 0.493 e. The second-order valence-electron chi connectivity index (χ2n) is 5.24. The van der Waals surface area contributed by atoms with Crippen molar-refractivity contribution in [3.8, 4) is 11.5 Å². The van der Waals surface area contributed by atoms with Crippen LogP contribution in [0.1, 0.15) is 26.3 Å². The van der Waals surface area contributed by atoms with E-state index in [4.69, 9.17) is 14.6 Å². The number of carbonyl (C=O) groups excluding carboxylic acids is 1. The van der Waals surface area contributed by atoms with E-state index in [9.17, 15) is 19.5 Å². The highest BCUT2D eigenvalue weighted by molar-refractivity contribution is 6.07. The van der Waals surface area contributed by atoms with Gasteiger partial charge in [0, 0.05) is 6.08 Å². The smallest absolute Gasteiger partial charge is 0.340 e. The number of hydrogen-bond acceptors (Lipinski definition) is 5. The highest BCUT2D eigenvalue weighted by Gasteiger charge is 2.19. The normalized spacial score (nSPS) is 10.4. The molecule has 8 heteroatoms. The molecule has 0 aliphatic heterocycles. The van der Waals surface area contributed by atoms with Crippen molar-refractivity contribution in [2.24, 2.45) is 0 Å². The predicted octanol–water partition coefficient (Wildman–Crippen LogP) is 2.75. The molecule has 0 spiro atoms. The van der Waals surface area contributed by atoms with Crippen molar-refractivity contribution in [1.29, 1.82) is 0 Å². The molecule has 2 rings (SSSR count). The van der Waals surface area contributed by atoms with Gasteiger partial charge in [0.15, 0.2) is 11.5 Å². The van der Waals surface area contributed by atoms with E-state index in [1.807, 2.05) is 0 Å². The quantitative estimate of drug-likeness (QED) is 0.640. The molecule has 27 heavy (non-hydrogen) atoms. The van der Waals surface area contributed by atoms with Crippen LogP contribution in [0.25, 0.3) is 6.08 Å². The molecular formula is C19H17NO7. The third-order valence-electron chi connectivity index (χ3n) is 3.62. The first kappa shape index (κ1) is 19.5. The van der Waals surface area contributed by atoms with Crippen LogP contribution in [0.2, 0.25) is 0 Å². The van der Waals surface area contributed by atoms with Gasteiger partial charge in [0.05, 0.1) is 25.5 Å². The van der Waals surface area contributed by atoms with Gasteiger partial charge in [0.1, 0.15) is 5.56 Å². The van der Waals surface area contributed by atoms with Gasteiger partial charge in [0.25, 0.3) is 0 Å². The highest BCUT2D eigenvalue weighted by atomic mass is 16.5. The maximum atomic E-state index is 12.1. The number of methoxy groups -OCH3 is 2. The Kier molecular flexibility index (Phi) is 6.16. The van der Waals surface area contributed by atoms with Crippen LogP contribution in [-0.4, -0.2) is 42.3 Å². The molecule has 8 nitrogen and oxygen atoms in total. The topological polar surface area (TPSA) is 122 Å². The van der Waals surface area contributed by atoms with Crippen LogP contribution >= 0.6 is 0 Å². The zero-order valence-electron chi connectivity index (χ0n) is 14.6. The van der Waals surface area contributed by atoms with Gasteiger partial charge in [-0.05, 0) is 29.8 Å². The van der Waals surface area contributed by atoms with Crippen LogP contribution in [0.3, 0.4) is 0 Å². The molecular weight excluding hydrogens is 354 g/mol. The predicted molar refractivity (Wildman–Crippen MR) is 97.6 cm³/mol. The molecule has 0 aliphatic rings. The summed E-state index contributed by atoms with van der Waals surface area (Å²) >= 11 is 0. The molecule has 2 aromatic carbocycles. The summed E-state index contributed by atoms with van der Waals surface area (Å²) in [5.41, 5.74) is 0.135. The Morgan fingerprint density at radius 2 is 1.67 bits per heavy atom. The number of amides is 1. The van der Waals surface area contributed by atoms with Crippen molar-refractivity contribution < 1.29 is 34.1 Å². The first-order valence-electron chi connectivity index (χ1n) is 7.68. The average molecular weight is 371 g/mol. The number of benzene rings is 2. The first-order chi connectivity index (χ1) is 12.9. The number of carbonyl (C=O) groups is 3. The van der Waals surface area contributed by atoms with Gasteiger partial charge in [0.2, 0.25) is 5.91 Å². The third-order valence-corrected chi connectivity index (χ3v) is 3.62. The van der Waals surface area contributed by atoms with E-state index in [0.29, 0.717) is 0 Å². The van der Waals surface area contributed by atoms with E-state index in [0.717, 1.165) is 6.08 Å². The molecule has 1 amide bonds. The molecule has 2 aromatic rings. The number of ether oxygens (including phenoxy) is 2. The maximum Gasteiger partial charge on any atom is 0.340 e. The van der Waals surface area contributed by atoms with Crippen molar-refractivity contribution in [2.75, 3.05) is 19.5 Å². The van der Waals surface area contributed by atoms with Crippen molar-refractivity contribution in [1.82, 2.24) is 0 Å². The van der Waals surface area contributed by atoms with Crippen LogP contribution in [0.4, 0.5) is 5.69 Å². The molecule has 0 bridgehead atoms. The fourth-order valence-corrected chi connectivity index (χ4v) is 2.42. The van der Waals surface area contributed by atoms with Crippen LogP contribution in [0.15, 0.2) is 42.5 Å². The summed E-state index contributed by atoms with van der Waals surface area (Å²) in [6, 6.07) is 8.93. The molecule has 0 radical (unpaired) electrons. The Labute approximate surface area is 154 Å². The second-order valence-corrected chi connectivity index (χ2v) is 5.24. The summed E-state index contributed by atoms with van der Waals surface area (Å²) in [6.45, 7) is 0. The molecule has 0 aromatic heterocycles. The minimum Gasteiger partial charge on any atom is -0.493 e. The highest BCUT2D eigenvalue weighted by Crippen LogP contribution is 2.34. The van der Waals surface area contributed by atoms with E-state index < -0.39 is 17.8 Å². The molecule has 140 valence electrons. The van der Waals surface area contributed by atoms with Gasteiger partial charge in [-0.25, -0.2) is 9.59 Å². The van der Waals surface area contributed by atoms with E-state index in [1.165, 1.54) is 50.6 Å². The van der Waals surface area contributed by atoms with Crippen LogP contribution < -0.4 is 14.8 Å². The fourth-order valence-electron chi connectivity index (χ4n) is 2.42. The zero-order valence-corrected chi connectivity index (χ0v) is 14.6. The van der Waals surface area contributed by atoms with Crippen LogP contribution in [0.5, 0.6) is 11.5 Å². The Bertz CT molecular complexity index is 918. The fraction of sp³-hybridized carbons (Fsp3) is 0.105. The summed E-state index contributed by atoms with van der Waals surface area (Å²) < 4.78 is 10.2. The first-order valence-corrected chi connectivity index (χ1v) is 7.68. The Morgan fingerprint density at radius 3 is 2.26 bits per heavy atom. The Morgan fingerprint density at radius 1 is 0.963 bits per heavy atom. The molecule has 0 heterocycles. The number of carboxylic acid groups (broad SMARTS) is 2. The third kappa shape index (κ3) is 4.43. The molecule has 0 saturated heterocycles. The number of hydrogen-bond donors (Lipinski definition) is 3. The lowest BCUT2D eigenvalue weighted by Gasteiger charge is -2.12. The molecule has 0 saturated carbocycles. The zero-order chi connectivity index (χ0) is 20.0. The van der Waals surface area contributed by atoms with Crippen molar-refractivity contribution in [3.05, 3.63) is 59.2 Å². The van der Waals surface area contributed by atoms with Gasteiger partial charge >= 0.3 is 11.9 Å². The lowest BCUT2D eigenvalue weighted by molar-refractivity contribution is -0.111. The number of nitrogens with one attached hydrogen (secondary N) is 1. The standard InChI is InChI=1S/C19H17NO7/c1-26-14-9-7-11(16(19(24)25)17(14)27-2)8-10-15(21)20-13-6-4-3-5-12(13)18(22)23/h3-10H,1-2H3,(H,20,21)(H,22,23)(H,24,25). The van der Waals surface area contributed by atoms with Gasteiger partial charge in [-0.2, -0.15) is 0 Å². The second kappa shape index (κ2) is 8.52. The maximum absolute atomic E-state index is 12.1. The Hall–Kier alpha value is -3.81.